The summed E-state index contributed by atoms with van der Waals surface area (Å²) >= 11 is 1.59. The lowest BCUT2D eigenvalue weighted by molar-refractivity contribution is 0.0176. The van der Waals surface area contributed by atoms with Gasteiger partial charge >= 0.3 is 0 Å². The molecule has 3 heterocycles. The van der Waals surface area contributed by atoms with Gasteiger partial charge in [0.2, 0.25) is 0 Å². The summed E-state index contributed by atoms with van der Waals surface area (Å²) in [5, 5.41) is 43.4. The van der Waals surface area contributed by atoms with Gasteiger partial charge in [0.25, 0.3) is 0 Å². The minimum absolute atomic E-state index is 0.238. The Kier molecular flexibility index (Phi) is 4.84. The van der Waals surface area contributed by atoms with Gasteiger partial charge in [0, 0.05) is 5.56 Å². The van der Waals surface area contributed by atoms with Gasteiger partial charge in [-0.25, -0.2) is 4.68 Å². The van der Waals surface area contributed by atoms with Crippen molar-refractivity contribution < 1.29 is 15.3 Å². The van der Waals surface area contributed by atoms with Crippen LogP contribution in [0.5, 0.6) is 0 Å². The van der Waals surface area contributed by atoms with Gasteiger partial charge in [-0.15, -0.1) is 16.4 Å². The van der Waals surface area contributed by atoms with E-state index in [-0.39, 0.29) is 6.61 Å². The Morgan fingerprint density at radius 2 is 1.81 bits per heavy atom. The van der Waals surface area contributed by atoms with Crippen molar-refractivity contribution >= 4 is 11.3 Å². The fraction of sp³-hybridized carbons (Fsp3) is 0.333. The highest BCUT2D eigenvalue weighted by atomic mass is 32.1. The van der Waals surface area contributed by atoms with Crippen molar-refractivity contribution in [2.45, 2.75) is 30.8 Å². The van der Waals surface area contributed by atoms with E-state index in [1.807, 2.05) is 47.8 Å². The third-order valence-electron chi connectivity index (χ3n) is 4.71. The molecule has 0 spiro atoms. The largest absolute Gasteiger partial charge is 0.395 e. The standard InChI is InChI=1S/C18H20N4O3S/c23-10-13-18(25)17(24)12(19-13)9-22-16(11-5-2-1-3-6-11)15(20-21-22)14-7-4-8-26-14/h1-8,12-13,17-19,23-25H,9-10H2/t12-,13-,17-,18-/m1/s1. The molecular weight excluding hydrogens is 352 g/mol. The number of rotatable bonds is 5. The highest BCUT2D eigenvalue weighted by molar-refractivity contribution is 7.13. The number of nitrogens with one attached hydrogen (secondary N) is 1. The van der Waals surface area contributed by atoms with Gasteiger partial charge in [-0.2, -0.15) is 0 Å². The summed E-state index contributed by atoms with van der Waals surface area (Å²) < 4.78 is 1.75. The first-order valence-electron chi connectivity index (χ1n) is 8.45. The predicted molar refractivity (Wildman–Crippen MR) is 98.6 cm³/mol. The first-order chi connectivity index (χ1) is 12.7. The fourth-order valence-corrected chi connectivity index (χ4v) is 4.07. The zero-order chi connectivity index (χ0) is 18.1. The van der Waals surface area contributed by atoms with Crippen molar-refractivity contribution in [2.24, 2.45) is 0 Å². The van der Waals surface area contributed by atoms with Crippen LogP contribution >= 0.6 is 11.3 Å². The molecule has 4 N–H and O–H groups in total. The Morgan fingerprint density at radius 3 is 2.46 bits per heavy atom. The quantitative estimate of drug-likeness (QED) is 0.526. The molecule has 0 saturated carbocycles. The van der Waals surface area contributed by atoms with Crippen LogP contribution in [0.4, 0.5) is 0 Å². The van der Waals surface area contributed by atoms with Crippen LogP contribution in [0.15, 0.2) is 47.8 Å². The molecule has 1 saturated heterocycles. The second kappa shape index (κ2) is 7.26. The molecule has 0 amide bonds. The molecule has 26 heavy (non-hydrogen) atoms. The monoisotopic (exact) mass is 372 g/mol. The molecule has 0 radical (unpaired) electrons. The highest BCUT2D eigenvalue weighted by Gasteiger charge is 2.41. The molecule has 8 heteroatoms. The van der Waals surface area contributed by atoms with Crippen LogP contribution in [0.1, 0.15) is 0 Å². The third kappa shape index (κ3) is 3.06. The van der Waals surface area contributed by atoms with Gasteiger partial charge in [-0.1, -0.05) is 41.6 Å². The van der Waals surface area contributed by atoms with E-state index in [1.54, 1.807) is 16.0 Å². The summed E-state index contributed by atoms with van der Waals surface area (Å²) in [6.45, 7) is 0.0927. The van der Waals surface area contributed by atoms with Crippen LogP contribution in [0.2, 0.25) is 0 Å². The number of nitrogens with zero attached hydrogens (tertiary/aromatic N) is 3. The van der Waals surface area contributed by atoms with Gasteiger partial charge in [0.05, 0.1) is 48.0 Å². The van der Waals surface area contributed by atoms with Crippen molar-refractivity contribution in [2.75, 3.05) is 6.61 Å². The van der Waals surface area contributed by atoms with E-state index >= 15 is 0 Å². The van der Waals surface area contributed by atoms with Gasteiger partial charge < -0.3 is 20.6 Å². The Labute approximate surface area is 154 Å². The maximum Gasteiger partial charge on any atom is 0.130 e. The molecule has 4 atom stereocenters. The minimum Gasteiger partial charge on any atom is -0.395 e. The van der Waals surface area contributed by atoms with Crippen LogP contribution in [0.25, 0.3) is 21.8 Å². The van der Waals surface area contributed by atoms with Crippen molar-refractivity contribution in [3.05, 3.63) is 47.8 Å². The summed E-state index contributed by atoms with van der Waals surface area (Å²) in [6.07, 6.45) is -1.99. The van der Waals surface area contributed by atoms with E-state index in [1.165, 1.54) is 0 Å². The second-order valence-electron chi connectivity index (χ2n) is 6.36. The van der Waals surface area contributed by atoms with E-state index in [2.05, 4.69) is 15.6 Å². The lowest BCUT2D eigenvalue weighted by atomic mass is 10.1. The van der Waals surface area contributed by atoms with Crippen LogP contribution in [-0.4, -0.2) is 61.2 Å². The molecule has 1 fully saturated rings. The average Bonchev–Trinajstić information content (AvgIpc) is 3.38. The lowest BCUT2D eigenvalue weighted by Gasteiger charge is -2.17. The third-order valence-corrected chi connectivity index (χ3v) is 5.58. The van der Waals surface area contributed by atoms with Gasteiger partial charge in [-0.05, 0) is 11.4 Å². The van der Waals surface area contributed by atoms with Crippen molar-refractivity contribution in [3.8, 4) is 21.8 Å². The summed E-state index contributed by atoms with van der Waals surface area (Å²) in [5.74, 6) is 0. The SMILES string of the molecule is OC[C@H]1N[C@H](Cn2nnc(-c3cccs3)c2-c2ccccc2)[C@@H](O)[C@@H]1O. The van der Waals surface area contributed by atoms with Gasteiger partial charge in [-0.3, -0.25) is 0 Å². The van der Waals surface area contributed by atoms with Gasteiger partial charge in [0.1, 0.15) is 5.69 Å². The first kappa shape index (κ1) is 17.3. The van der Waals surface area contributed by atoms with Gasteiger partial charge in [0.15, 0.2) is 0 Å². The van der Waals surface area contributed by atoms with E-state index in [9.17, 15) is 15.3 Å². The summed E-state index contributed by atoms with van der Waals surface area (Å²) in [5.41, 5.74) is 2.63. The van der Waals surface area contributed by atoms with Crippen molar-refractivity contribution in [1.29, 1.82) is 0 Å². The number of aliphatic hydroxyl groups excluding tert-OH is 3. The number of aliphatic hydroxyl groups is 3. The molecular formula is C18H20N4O3S. The van der Waals surface area contributed by atoms with E-state index in [4.69, 9.17) is 0 Å². The minimum atomic E-state index is -1.01. The normalized spacial score (nSPS) is 25.7. The van der Waals surface area contributed by atoms with Crippen molar-refractivity contribution in [3.63, 3.8) is 0 Å². The summed E-state index contributed by atoms with van der Waals surface area (Å²) in [6, 6.07) is 12.9. The lowest BCUT2D eigenvalue weighted by Crippen LogP contribution is -2.38. The van der Waals surface area contributed by atoms with Crippen molar-refractivity contribution in [1.82, 2.24) is 20.3 Å². The number of hydrogen-bond donors (Lipinski definition) is 4. The first-order valence-corrected chi connectivity index (χ1v) is 9.33. The molecule has 0 aliphatic carbocycles. The Bertz CT molecular complexity index is 853. The molecule has 1 aliphatic rings. The van der Waals surface area contributed by atoms with E-state index in [0.717, 1.165) is 21.8 Å². The molecule has 0 unspecified atom stereocenters. The Balaban J connectivity index is 1.71. The summed E-state index contributed by atoms with van der Waals surface area (Å²) in [7, 11) is 0. The molecule has 7 nitrogen and oxygen atoms in total. The van der Waals surface area contributed by atoms with Crippen LogP contribution in [0, 0.1) is 0 Å². The highest BCUT2D eigenvalue weighted by Crippen LogP contribution is 2.33. The smallest absolute Gasteiger partial charge is 0.130 e. The predicted octanol–water partition coefficient (Wildman–Crippen LogP) is 0.728. The maximum atomic E-state index is 10.3. The molecule has 3 aromatic rings. The molecule has 4 rings (SSSR count). The van der Waals surface area contributed by atoms with E-state index in [0.29, 0.717) is 6.54 Å². The van der Waals surface area contributed by atoms with E-state index < -0.39 is 24.3 Å². The molecule has 136 valence electrons. The fourth-order valence-electron chi connectivity index (χ4n) is 3.36. The number of hydrogen-bond acceptors (Lipinski definition) is 7. The molecule has 2 aromatic heterocycles. The summed E-state index contributed by atoms with van der Waals surface area (Å²) in [4.78, 5) is 1.02. The number of benzene rings is 1. The molecule has 0 bridgehead atoms. The second-order valence-corrected chi connectivity index (χ2v) is 7.30. The van der Waals surface area contributed by atoms with Crippen LogP contribution in [0.3, 0.4) is 0 Å². The maximum absolute atomic E-state index is 10.3. The Hall–Kier alpha value is -2.10. The zero-order valence-electron chi connectivity index (χ0n) is 13.9. The number of aromatic nitrogens is 3. The number of thiophene rings is 1. The molecule has 1 aromatic carbocycles. The zero-order valence-corrected chi connectivity index (χ0v) is 14.8. The van der Waals surface area contributed by atoms with Crippen LogP contribution < -0.4 is 5.32 Å². The topological polar surface area (TPSA) is 103 Å². The molecule has 1 aliphatic heterocycles. The van der Waals surface area contributed by atoms with Crippen LogP contribution in [-0.2, 0) is 6.54 Å². The average molecular weight is 372 g/mol. The Morgan fingerprint density at radius 1 is 1.04 bits per heavy atom.